The summed E-state index contributed by atoms with van der Waals surface area (Å²) in [6, 6.07) is 16.3. The molecule has 0 spiro atoms. The highest BCUT2D eigenvalue weighted by molar-refractivity contribution is 7.15. The highest BCUT2D eigenvalue weighted by Crippen LogP contribution is 2.37. The minimum Gasteiger partial charge on any atom is -0.494 e. The second-order valence-corrected chi connectivity index (χ2v) is 6.50. The number of ether oxygens (including phenoxy) is 2. The fourth-order valence-electron chi connectivity index (χ4n) is 2.63. The van der Waals surface area contributed by atoms with Gasteiger partial charge in [0.2, 0.25) is 0 Å². The van der Waals surface area contributed by atoms with Crippen LogP contribution in [0, 0.1) is 0 Å². The van der Waals surface area contributed by atoms with Gasteiger partial charge in [0.1, 0.15) is 16.3 Å². The molecule has 1 aromatic heterocycles. The van der Waals surface area contributed by atoms with Gasteiger partial charge in [-0.25, -0.2) is 4.79 Å². The molecule has 0 aliphatic heterocycles. The molecular weight excluding hydrogens is 362 g/mol. The number of amides is 1. The predicted octanol–water partition coefficient (Wildman–Crippen LogP) is 4.85. The second-order valence-electron chi connectivity index (χ2n) is 5.62. The Balaban J connectivity index is 1.94. The third kappa shape index (κ3) is 4.17. The van der Waals surface area contributed by atoms with Crippen LogP contribution in [-0.2, 0) is 4.74 Å². The number of carbonyl (C=O) groups excluding carboxylic acids is 2. The van der Waals surface area contributed by atoms with E-state index in [9.17, 15) is 9.59 Å². The number of methoxy groups -OCH3 is 1. The summed E-state index contributed by atoms with van der Waals surface area (Å²) in [7, 11) is 1.32. The van der Waals surface area contributed by atoms with Crippen LogP contribution >= 0.6 is 11.3 Å². The van der Waals surface area contributed by atoms with Crippen molar-refractivity contribution in [3.8, 4) is 16.9 Å². The van der Waals surface area contributed by atoms with Crippen molar-refractivity contribution in [2.75, 3.05) is 19.0 Å². The van der Waals surface area contributed by atoms with Gasteiger partial charge >= 0.3 is 5.97 Å². The maximum Gasteiger partial charge on any atom is 0.341 e. The number of nitrogens with one attached hydrogen (secondary N) is 1. The summed E-state index contributed by atoms with van der Waals surface area (Å²) in [6.45, 7) is 2.50. The maximum absolute atomic E-state index is 12.5. The predicted molar refractivity (Wildman–Crippen MR) is 107 cm³/mol. The summed E-state index contributed by atoms with van der Waals surface area (Å²) >= 11 is 1.29. The first kappa shape index (κ1) is 18.7. The molecule has 0 unspecified atom stereocenters. The van der Waals surface area contributed by atoms with Gasteiger partial charge in [0.15, 0.2) is 0 Å². The minimum absolute atomic E-state index is 0.277. The Morgan fingerprint density at radius 3 is 2.37 bits per heavy atom. The Labute approximate surface area is 161 Å². The van der Waals surface area contributed by atoms with E-state index in [0.29, 0.717) is 28.3 Å². The molecule has 0 aliphatic carbocycles. The summed E-state index contributed by atoms with van der Waals surface area (Å²) in [5.41, 5.74) is 2.41. The van der Waals surface area contributed by atoms with Gasteiger partial charge in [-0.15, -0.1) is 11.3 Å². The highest BCUT2D eigenvalue weighted by atomic mass is 32.1. The van der Waals surface area contributed by atoms with Crippen LogP contribution in [0.1, 0.15) is 27.6 Å². The number of rotatable bonds is 6. The molecule has 0 atom stereocenters. The number of anilines is 1. The largest absolute Gasteiger partial charge is 0.494 e. The second kappa shape index (κ2) is 8.51. The molecule has 0 aliphatic rings. The molecule has 3 rings (SSSR count). The van der Waals surface area contributed by atoms with Crippen molar-refractivity contribution in [3.63, 3.8) is 0 Å². The first-order chi connectivity index (χ1) is 13.1. The van der Waals surface area contributed by atoms with E-state index in [1.165, 1.54) is 18.4 Å². The van der Waals surface area contributed by atoms with Crippen molar-refractivity contribution in [1.29, 1.82) is 0 Å². The van der Waals surface area contributed by atoms with E-state index in [0.717, 1.165) is 11.3 Å². The van der Waals surface area contributed by atoms with Crippen LogP contribution in [0.5, 0.6) is 5.75 Å². The van der Waals surface area contributed by atoms with E-state index in [4.69, 9.17) is 9.47 Å². The Morgan fingerprint density at radius 1 is 1.04 bits per heavy atom. The molecule has 0 bridgehead atoms. The minimum atomic E-state index is -0.497. The Hall–Kier alpha value is -3.12. The van der Waals surface area contributed by atoms with Gasteiger partial charge in [-0.3, -0.25) is 4.79 Å². The molecule has 2 aromatic carbocycles. The van der Waals surface area contributed by atoms with E-state index >= 15 is 0 Å². The smallest absolute Gasteiger partial charge is 0.341 e. The standard InChI is InChI=1S/C21H19NO4S/c1-3-26-16-11-9-14(10-12-16)17-13-27-20(18(17)21(24)25-2)22-19(23)15-7-5-4-6-8-15/h4-13H,3H2,1-2H3,(H,22,23). The third-order valence-corrected chi connectivity index (χ3v) is 4.82. The van der Waals surface area contributed by atoms with Crippen molar-refractivity contribution >= 4 is 28.2 Å². The van der Waals surface area contributed by atoms with E-state index in [2.05, 4.69) is 5.32 Å². The molecule has 1 heterocycles. The van der Waals surface area contributed by atoms with Crippen LogP contribution in [0.15, 0.2) is 60.0 Å². The number of benzene rings is 2. The average Bonchev–Trinajstić information content (AvgIpc) is 3.12. The molecule has 6 heteroatoms. The van der Waals surface area contributed by atoms with Gasteiger partial charge in [-0.05, 0) is 36.8 Å². The van der Waals surface area contributed by atoms with E-state index in [-0.39, 0.29) is 5.91 Å². The Bertz CT molecular complexity index is 933. The van der Waals surface area contributed by atoms with Gasteiger partial charge in [-0.1, -0.05) is 30.3 Å². The Kier molecular flexibility index (Phi) is 5.88. The van der Waals surface area contributed by atoms with Crippen molar-refractivity contribution in [1.82, 2.24) is 0 Å². The number of esters is 1. The normalized spacial score (nSPS) is 10.3. The lowest BCUT2D eigenvalue weighted by molar-refractivity contribution is 0.0603. The van der Waals surface area contributed by atoms with Crippen molar-refractivity contribution in [2.45, 2.75) is 6.92 Å². The van der Waals surface area contributed by atoms with Crippen LogP contribution in [0.4, 0.5) is 5.00 Å². The van der Waals surface area contributed by atoms with Crippen LogP contribution in [0.2, 0.25) is 0 Å². The van der Waals surface area contributed by atoms with Crippen LogP contribution < -0.4 is 10.1 Å². The SMILES string of the molecule is CCOc1ccc(-c2csc(NC(=O)c3ccccc3)c2C(=O)OC)cc1. The molecule has 1 amide bonds. The van der Waals surface area contributed by atoms with Crippen molar-refractivity contribution in [3.05, 3.63) is 71.1 Å². The quantitative estimate of drug-likeness (QED) is 0.620. The molecule has 0 fully saturated rings. The third-order valence-electron chi connectivity index (χ3n) is 3.92. The molecule has 3 aromatic rings. The molecule has 0 radical (unpaired) electrons. The van der Waals surface area contributed by atoms with Gasteiger partial charge in [0.05, 0.1) is 13.7 Å². The summed E-state index contributed by atoms with van der Waals surface area (Å²) in [6.07, 6.45) is 0. The summed E-state index contributed by atoms with van der Waals surface area (Å²) in [5, 5.41) is 5.11. The molecule has 138 valence electrons. The average molecular weight is 381 g/mol. The first-order valence-electron chi connectivity index (χ1n) is 8.43. The van der Waals surface area contributed by atoms with Crippen LogP contribution in [0.3, 0.4) is 0 Å². The zero-order valence-electron chi connectivity index (χ0n) is 15.0. The van der Waals surface area contributed by atoms with E-state index < -0.39 is 5.97 Å². The lowest BCUT2D eigenvalue weighted by Crippen LogP contribution is -2.14. The topological polar surface area (TPSA) is 64.6 Å². The number of carbonyl (C=O) groups is 2. The van der Waals surface area contributed by atoms with Crippen LogP contribution in [-0.4, -0.2) is 25.6 Å². The van der Waals surface area contributed by atoms with Gasteiger partial charge in [0.25, 0.3) is 5.91 Å². The van der Waals surface area contributed by atoms with E-state index in [1.807, 2.05) is 42.6 Å². The van der Waals surface area contributed by atoms with Gasteiger partial charge < -0.3 is 14.8 Å². The zero-order chi connectivity index (χ0) is 19.2. The summed E-state index contributed by atoms with van der Waals surface area (Å²) < 4.78 is 10.4. The van der Waals surface area contributed by atoms with E-state index in [1.54, 1.807) is 24.3 Å². The lowest BCUT2D eigenvalue weighted by atomic mass is 10.0. The Morgan fingerprint density at radius 2 is 1.74 bits per heavy atom. The van der Waals surface area contributed by atoms with Gasteiger partial charge in [0, 0.05) is 16.5 Å². The van der Waals surface area contributed by atoms with Crippen LogP contribution in [0.25, 0.3) is 11.1 Å². The zero-order valence-corrected chi connectivity index (χ0v) is 15.8. The number of hydrogen-bond donors (Lipinski definition) is 1. The maximum atomic E-state index is 12.5. The highest BCUT2D eigenvalue weighted by Gasteiger charge is 2.22. The molecule has 27 heavy (non-hydrogen) atoms. The molecular formula is C21H19NO4S. The number of hydrogen-bond acceptors (Lipinski definition) is 5. The monoisotopic (exact) mass is 381 g/mol. The number of thiophene rings is 1. The summed E-state index contributed by atoms with van der Waals surface area (Å²) in [4.78, 5) is 24.9. The fraction of sp³-hybridized carbons (Fsp3) is 0.143. The molecule has 1 N–H and O–H groups in total. The molecule has 0 saturated heterocycles. The molecule has 5 nitrogen and oxygen atoms in total. The first-order valence-corrected chi connectivity index (χ1v) is 9.31. The van der Waals surface area contributed by atoms with Crippen molar-refractivity contribution < 1.29 is 19.1 Å². The van der Waals surface area contributed by atoms with Gasteiger partial charge in [-0.2, -0.15) is 0 Å². The summed E-state index contributed by atoms with van der Waals surface area (Å²) in [5.74, 6) is -0.0157. The lowest BCUT2D eigenvalue weighted by Gasteiger charge is -2.09. The molecule has 0 saturated carbocycles. The van der Waals surface area contributed by atoms with Crippen molar-refractivity contribution in [2.24, 2.45) is 0 Å². The fourth-order valence-corrected chi connectivity index (χ4v) is 3.58.